The monoisotopic (exact) mass is 324 g/mol. The van der Waals surface area contributed by atoms with Crippen LogP contribution in [0.15, 0.2) is 28.4 Å². The van der Waals surface area contributed by atoms with Gasteiger partial charge in [0.2, 0.25) is 0 Å². The molecule has 0 unspecified atom stereocenters. The van der Waals surface area contributed by atoms with E-state index in [0.29, 0.717) is 16.6 Å². The highest BCUT2D eigenvalue weighted by Gasteiger charge is 2.32. The number of halogens is 1. The number of benzene rings is 1. The molecule has 3 amide bonds. The molecule has 0 atom stereocenters. The molecule has 1 fully saturated rings. The fourth-order valence-corrected chi connectivity index (χ4v) is 2.17. The summed E-state index contributed by atoms with van der Waals surface area (Å²) in [5.41, 5.74) is 0.961. The lowest BCUT2D eigenvalue weighted by molar-refractivity contribution is -0.122. The molecule has 0 aliphatic carbocycles. The molecular formula is C13H13BrN2O3. The summed E-state index contributed by atoms with van der Waals surface area (Å²) in [5, 5.41) is 11.9. The first-order valence-corrected chi connectivity index (χ1v) is 6.65. The smallest absolute Gasteiger partial charge is 0.329 e. The summed E-state index contributed by atoms with van der Waals surface area (Å²) in [4.78, 5) is 24.8. The number of aromatic hydroxyl groups is 1. The van der Waals surface area contributed by atoms with E-state index in [2.05, 4.69) is 21.2 Å². The third-order valence-corrected chi connectivity index (χ3v) is 3.33. The maximum Gasteiger partial charge on any atom is 0.329 e. The van der Waals surface area contributed by atoms with E-state index in [-0.39, 0.29) is 17.4 Å². The first-order valence-electron chi connectivity index (χ1n) is 5.86. The number of carbonyl (C=O) groups is 2. The van der Waals surface area contributed by atoms with Crippen molar-refractivity contribution in [3.63, 3.8) is 0 Å². The Morgan fingerprint density at radius 2 is 2.16 bits per heavy atom. The van der Waals surface area contributed by atoms with E-state index in [9.17, 15) is 14.7 Å². The summed E-state index contributed by atoms with van der Waals surface area (Å²) in [5.74, 6) is -0.201. The highest BCUT2D eigenvalue weighted by atomic mass is 79.9. The van der Waals surface area contributed by atoms with Gasteiger partial charge in [-0.1, -0.05) is 13.0 Å². The van der Waals surface area contributed by atoms with Gasteiger partial charge in [-0.05, 0) is 46.1 Å². The average molecular weight is 325 g/mol. The van der Waals surface area contributed by atoms with Crippen molar-refractivity contribution in [3.05, 3.63) is 33.9 Å². The second-order valence-electron chi connectivity index (χ2n) is 4.16. The molecule has 1 aromatic rings. The molecule has 6 heteroatoms. The summed E-state index contributed by atoms with van der Waals surface area (Å²) in [7, 11) is 0. The van der Waals surface area contributed by atoms with E-state index in [0.717, 1.165) is 6.42 Å². The van der Waals surface area contributed by atoms with Gasteiger partial charge >= 0.3 is 6.03 Å². The number of imide groups is 1. The maximum atomic E-state index is 12.0. The van der Waals surface area contributed by atoms with Crippen molar-refractivity contribution >= 4 is 33.9 Å². The number of amides is 3. The molecule has 0 aromatic heterocycles. The second-order valence-corrected chi connectivity index (χ2v) is 5.01. The predicted octanol–water partition coefficient (Wildman–Crippen LogP) is 2.46. The largest absolute Gasteiger partial charge is 0.507 e. The predicted molar refractivity (Wildman–Crippen MR) is 74.3 cm³/mol. The van der Waals surface area contributed by atoms with E-state index in [1.165, 1.54) is 11.0 Å². The van der Waals surface area contributed by atoms with Crippen LogP contribution in [0.2, 0.25) is 0 Å². The fraction of sp³-hybridized carbons (Fsp3) is 0.231. The topological polar surface area (TPSA) is 69.6 Å². The van der Waals surface area contributed by atoms with Gasteiger partial charge in [-0.25, -0.2) is 4.79 Å². The van der Waals surface area contributed by atoms with Crippen molar-refractivity contribution in [3.8, 4) is 5.75 Å². The van der Waals surface area contributed by atoms with Crippen LogP contribution in [-0.4, -0.2) is 28.5 Å². The molecule has 0 bridgehead atoms. The normalized spacial score (nSPS) is 17.2. The Bertz CT molecular complexity index is 569. The van der Waals surface area contributed by atoms with Crippen molar-refractivity contribution in [1.82, 2.24) is 10.2 Å². The number of carbonyl (C=O) groups excluding carboxylic acids is 2. The Morgan fingerprint density at radius 3 is 2.79 bits per heavy atom. The number of phenols is 1. The molecule has 1 aromatic carbocycles. The lowest BCUT2D eigenvalue weighted by Gasteiger charge is -2.08. The molecule has 100 valence electrons. The highest BCUT2D eigenvalue weighted by Crippen LogP contribution is 2.25. The molecule has 0 radical (unpaired) electrons. The molecule has 0 spiro atoms. The van der Waals surface area contributed by atoms with Crippen LogP contribution in [0.1, 0.15) is 18.9 Å². The van der Waals surface area contributed by atoms with Crippen LogP contribution < -0.4 is 5.32 Å². The lowest BCUT2D eigenvalue weighted by atomic mass is 10.2. The number of nitrogens with one attached hydrogen (secondary N) is 1. The van der Waals surface area contributed by atoms with E-state index in [1.807, 2.05) is 6.92 Å². The molecule has 1 heterocycles. The van der Waals surface area contributed by atoms with Crippen LogP contribution in [0.3, 0.4) is 0 Å². The number of nitrogens with zero attached hydrogens (tertiary/aromatic N) is 1. The Hall–Kier alpha value is -1.82. The molecule has 19 heavy (non-hydrogen) atoms. The van der Waals surface area contributed by atoms with Gasteiger partial charge < -0.3 is 10.4 Å². The summed E-state index contributed by atoms with van der Waals surface area (Å²) in [6.45, 7) is 2.31. The van der Waals surface area contributed by atoms with Crippen LogP contribution in [-0.2, 0) is 4.79 Å². The van der Waals surface area contributed by atoms with Gasteiger partial charge in [-0.3, -0.25) is 9.69 Å². The molecule has 2 rings (SSSR count). The lowest BCUT2D eigenvalue weighted by Crippen LogP contribution is -2.31. The van der Waals surface area contributed by atoms with Crippen molar-refractivity contribution in [2.45, 2.75) is 13.3 Å². The maximum absolute atomic E-state index is 12.0. The van der Waals surface area contributed by atoms with Gasteiger partial charge in [0, 0.05) is 6.54 Å². The van der Waals surface area contributed by atoms with Gasteiger partial charge in [0.05, 0.1) is 4.47 Å². The van der Waals surface area contributed by atoms with Crippen molar-refractivity contribution in [1.29, 1.82) is 0 Å². The quantitative estimate of drug-likeness (QED) is 0.662. The third kappa shape index (κ3) is 2.78. The van der Waals surface area contributed by atoms with Gasteiger partial charge in [0.25, 0.3) is 5.91 Å². The minimum Gasteiger partial charge on any atom is -0.507 e. The van der Waals surface area contributed by atoms with Gasteiger partial charge in [0.1, 0.15) is 11.4 Å². The number of phenolic OH excluding ortho intramolecular Hbond substituents is 1. The molecule has 1 aliphatic heterocycles. The fourth-order valence-electron chi connectivity index (χ4n) is 1.78. The molecule has 0 saturated carbocycles. The van der Waals surface area contributed by atoms with E-state index < -0.39 is 6.03 Å². The number of rotatable bonds is 3. The van der Waals surface area contributed by atoms with E-state index >= 15 is 0 Å². The molecule has 2 N–H and O–H groups in total. The Morgan fingerprint density at radius 1 is 1.42 bits per heavy atom. The zero-order valence-electron chi connectivity index (χ0n) is 10.3. The van der Waals surface area contributed by atoms with Gasteiger partial charge in [-0.15, -0.1) is 0 Å². The van der Waals surface area contributed by atoms with E-state index in [1.54, 1.807) is 18.2 Å². The van der Waals surface area contributed by atoms with Crippen LogP contribution in [0.4, 0.5) is 4.79 Å². The molecule has 5 nitrogen and oxygen atoms in total. The molecule has 1 saturated heterocycles. The van der Waals surface area contributed by atoms with Crippen LogP contribution in [0.25, 0.3) is 6.08 Å². The summed E-state index contributed by atoms with van der Waals surface area (Å²) >= 11 is 3.20. The minimum absolute atomic E-state index is 0.122. The first kappa shape index (κ1) is 13.6. The second kappa shape index (κ2) is 5.44. The zero-order valence-corrected chi connectivity index (χ0v) is 11.9. The third-order valence-electron chi connectivity index (χ3n) is 2.69. The molecular weight excluding hydrogens is 312 g/mol. The van der Waals surface area contributed by atoms with E-state index in [4.69, 9.17) is 0 Å². The SMILES string of the molecule is CCCN1C(=O)NC(=Cc2ccc(O)c(Br)c2)C1=O. The number of hydrogen-bond donors (Lipinski definition) is 2. The summed E-state index contributed by atoms with van der Waals surface area (Å²) in [6, 6.07) is 4.46. The zero-order chi connectivity index (χ0) is 14.0. The number of urea groups is 1. The summed E-state index contributed by atoms with van der Waals surface area (Å²) < 4.78 is 0.532. The standard InChI is InChI=1S/C13H13BrN2O3/c1-2-5-16-12(18)10(15-13(16)19)7-8-3-4-11(17)9(14)6-8/h3-4,6-7,17H,2,5H2,1H3,(H,15,19). The van der Waals surface area contributed by atoms with Crippen LogP contribution >= 0.6 is 15.9 Å². The number of hydrogen-bond acceptors (Lipinski definition) is 3. The Labute approximate surface area is 119 Å². The van der Waals surface area contributed by atoms with Gasteiger partial charge in [-0.2, -0.15) is 0 Å². The Kier molecular flexibility index (Phi) is 3.90. The first-order chi connectivity index (χ1) is 9.02. The van der Waals surface area contributed by atoms with Crippen LogP contribution in [0, 0.1) is 0 Å². The van der Waals surface area contributed by atoms with Gasteiger partial charge in [0.15, 0.2) is 0 Å². The Balaban J connectivity index is 2.27. The molecule has 1 aliphatic rings. The van der Waals surface area contributed by atoms with Crippen molar-refractivity contribution < 1.29 is 14.7 Å². The van der Waals surface area contributed by atoms with Crippen molar-refractivity contribution in [2.24, 2.45) is 0 Å². The average Bonchev–Trinajstić information content (AvgIpc) is 2.62. The van der Waals surface area contributed by atoms with Crippen LogP contribution in [0.5, 0.6) is 5.75 Å². The minimum atomic E-state index is -0.393. The summed E-state index contributed by atoms with van der Waals surface area (Å²) in [6.07, 6.45) is 2.30. The van der Waals surface area contributed by atoms with Crippen molar-refractivity contribution in [2.75, 3.05) is 6.54 Å². The highest BCUT2D eigenvalue weighted by molar-refractivity contribution is 9.10.